The number of rotatable bonds is 4. The van der Waals surface area contributed by atoms with Crippen LogP contribution in [0, 0.1) is 6.92 Å². The van der Waals surface area contributed by atoms with Gasteiger partial charge in [-0.1, -0.05) is 11.6 Å². The Balaban J connectivity index is 1.43. The van der Waals surface area contributed by atoms with E-state index in [9.17, 15) is 4.79 Å². The summed E-state index contributed by atoms with van der Waals surface area (Å²) < 4.78 is 10.5. The van der Waals surface area contributed by atoms with Crippen LogP contribution in [0.15, 0.2) is 54.7 Å². The summed E-state index contributed by atoms with van der Waals surface area (Å²) in [6, 6.07) is 14.2. The molecule has 4 rings (SSSR count). The molecule has 1 aromatic heterocycles. The van der Waals surface area contributed by atoms with Gasteiger partial charge in [0.05, 0.1) is 11.9 Å². The highest BCUT2D eigenvalue weighted by atomic mass is 35.5. The van der Waals surface area contributed by atoms with Crippen molar-refractivity contribution in [1.82, 2.24) is 4.98 Å². The van der Waals surface area contributed by atoms with Crippen LogP contribution in [0.3, 0.4) is 0 Å². The smallest absolute Gasteiger partial charge is 0.256 e. The molecule has 1 aliphatic heterocycles. The second kappa shape index (κ2) is 7.17. The maximum absolute atomic E-state index is 12.4. The Hall–Kier alpha value is -3.25. The number of halogens is 1. The van der Waals surface area contributed by atoms with Crippen LogP contribution in [0.1, 0.15) is 15.9 Å². The van der Waals surface area contributed by atoms with Gasteiger partial charge in [0.2, 0.25) is 6.79 Å². The summed E-state index contributed by atoms with van der Waals surface area (Å²) in [6.07, 6.45) is 1.66. The number of amides is 1. The molecule has 0 fully saturated rings. The van der Waals surface area contributed by atoms with Crippen LogP contribution >= 0.6 is 11.6 Å². The minimum absolute atomic E-state index is 0.170. The molecule has 0 unspecified atom stereocenters. The molecule has 0 saturated carbocycles. The molecule has 136 valence electrons. The van der Waals surface area contributed by atoms with Crippen molar-refractivity contribution in [3.63, 3.8) is 0 Å². The van der Waals surface area contributed by atoms with Crippen molar-refractivity contribution in [3.05, 3.63) is 70.9 Å². The molecule has 0 spiro atoms. The van der Waals surface area contributed by atoms with E-state index in [4.69, 9.17) is 21.1 Å². The van der Waals surface area contributed by atoms with Gasteiger partial charge < -0.3 is 20.1 Å². The van der Waals surface area contributed by atoms with Crippen LogP contribution < -0.4 is 20.1 Å². The molecule has 27 heavy (non-hydrogen) atoms. The fraction of sp³-hybridized carbons (Fsp3) is 0.100. The number of nitrogens with one attached hydrogen (secondary N) is 2. The topological polar surface area (TPSA) is 72.5 Å². The highest BCUT2D eigenvalue weighted by Crippen LogP contribution is 2.32. The number of carbonyl (C=O) groups excluding carboxylic acids is 1. The summed E-state index contributed by atoms with van der Waals surface area (Å²) in [4.78, 5) is 16.7. The fourth-order valence-electron chi connectivity index (χ4n) is 2.69. The van der Waals surface area contributed by atoms with Crippen molar-refractivity contribution < 1.29 is 14.3 Å². The van der Waals surface area contributed by atoms with Gasteiger partial charge in [0.25, 0.3) is 5.91 Å². The van der Waals surface area contributed by atoms with E-state index in [0.29, 0.717) is 27.9 Å². The number of fused-ring (bicyclic) bond motifs is 1. The number of carbonyl (C=O) groups is 1. The third-order valence-corrected chi connectivity index (χ3v) is 4.34. The van der Waals surface area contributed by atoms with E-state index in [1.54, 1.807) is 30.5 Å². The van der Waals surface area contributed by atoms with Crippen LogP contribution in [0.25, 0.3) is 0 Å². The van der Waals surface area contributed by atoms with Gasteiger partial charge in [0.15, 0.2) is 11.5 Å². The number of hydrogen-bond acceptors (Lipinski definition) is 5. The molecule has 0 radical (unpaired) electrons. The van der Waals surface area contributed by atoms with Gasteiger partial charge in [-0.3, -0.25) is 4.79 Å². The Morgan fingerprint density at radius 1 is 1.07 bits per heavy atom. The van der Waals surface area contributed by atoms with Crippen LogP contribution in [0.2, 0.25) is 5.02 Å². The zero-order valence-corrected chi connectivity index (χ0v) is 15.2. The van der Waals surface area contributed by atoms with Crippen molar-refractivity contribution >= 4 is 34.7 Å². The van der Waals surface area contributed by atoms with Crippen molar-refractivity contribution in [1.29, 1.82) is 0 Å². The summed E-state index contributed by atoms with van der Waals surface area (Å²) in [5.74, 6) is 1.39. The first kappa shape index (κ1) is 17.2. The average molecular weight is 382 g/mol. The second-order valence-electron chi connectivity index (χ2n) is 6.04. The number of pyridine rings is 1. The maximum Gasteiger partial charge on any atom is 0.256 e. The molecule has 2 heterocycles. The predicted octanol–water partition coefficient (Wildman–Crippen LogP) is 4.77. The number of hydrogen-bond donors (Lipinski definition) is 2. The monoisotopic (exact) mass is 381 g/mol. The lowest BCUT2D eigenvalue weighted by atomic mass is 10.2. The lowest BCUT2D eigenvalue weighted by molar-refractivity contribution is 0.102. The largest absolute Gasteiger partial charge is 0.454 e. The van der Waals surface area contributed by atoms with E-state index >= 15 is 0 Å². The SMILES string of the molecule is Cc1cc(Cl)ccc1Nc1ccc(NC(=O)c2ccc3c(c2)OCO3)nc1. The van der Waals surface area contributed by atoms with Gasteiger partial charge in [-0.2, -0.15) is 0 Å². The van der Waals surface area contributed by atoms with Crippen LogP contribution in [-0.2, 0) is 0 Å². The maximum atomic E-state index is 12.4. The number of ether oxygens (including phenoxy) is 2. The van der Waals surface area contributed by atoms with E-state index in [1.807, 2.05) is 31.2 Å². The van der Waals surface area contributed by atoms with Gasteiger partial charge in [0, 0.05) is 16.3 Å². The minimum atomic E-state index is -0.268. The van der Waals surface area contributed by atoms with E-state index in [-0.39, 0.29) is 12.7 Å². The number of aryl methyl sites for hydroxylation is 1. The molecule has 6 nitrogen and oxygen atoms in total. The normalized spacial score (nSPS) is 11.9. The van der Waals surface area contributed by atoms with Crippen molar-refractivity contribution in [2.75, 3.05) is 17.4 Å². The number of benzene rings is 2. The van der Waals surface area contributed by atoms with Gasteiger partial charge in [-0.25, -0.2) is 4.98 Å². The molecule has 0 atom stereocenters. The number of nitrogens with zero attached hydrogens (tertiary/aromatic N) is 1. The number of aromatic nitrogens is 1. The zero-order valence-electron chi connectivity index (χ0n) is 14.5. The second-order valence-corrected chi connectivity index (χ2v) is 6.47. The Labute approximate surface area is 161 Å². The average Bonchev–Trinajstić information content (AvgIpc) is 3.13. The minimum Gasteiger partial charge on any atom is -0.454 e. The Bertz CT molecular complexity index is 1010. The molecule has 3 aromatic rings. The highest BCUT2D eigenvalue weighted by molar-refractivity contribution is 6.30. The Morgan fingerprint density at radius 2 is 1.93 bits per heavy atom. The molecule has 7 heteroatoms. The molecule has 0 aliphatic carbocycles. The van der Waals surface area contributed by atoms with Gasteiger partial charge >= 0.3 is 0 Å². The molecule has 2 aromatic carbocycles. The van der Waals surface area contributed by atoms with E-state index < -0.39 is 0 Å². The summed E-state index contributed by atoms with van der Waals surface area (Å²) in [5, 5.41) is 6.74. The lowest BCUT2D eigenvalue weighted by Crippen LogP contribution is -2.12. The zero-order chi connectivity index (χ0) is 18.8. The summed E-state index contributed by atoms with van der Waals surface area (Å²) in [6.45, 7) is 2.14. The lowest BCUT2D eigenvalue weighted by Gasteiger charge is -2.10. The van der Waals surface area contributed by atoms with E-state index in [0.717, 1.165) is 16.9 Å². The Kier molecular flexibility index (Phi) is 4.56. The molecule has 1 amide bonds. The molecular weight excluding hydrogens is 366 g/mol. The summed E-state index contributed by atoms with van der Waals surface area (Å²) in [5.41, 5.74) is 3.25. The quantitative estimate of drug-likeness (QED) is 0.681. The Morgan fingerprint density at radius 3 is 2.70 bits per heavy atom. The first-order chi connectivity index (χ1) is 13.1. The van der Waals surface area contributed by atoms with Crippen LogP contribution in [0.4, 0.5) is 17.2 Å². The first-order valence-electron chi connectivity index (χ1n) is 8.29. The molecule has 0 bridgehead atoms. The van der Waals surface area contributed by atoms with Crippen LogP contribution in [0.5, 0.6) is 11.5 Å². The van der Waals surface area contributed by atoms with E-state index in [2.05, 4.69) is 15.6 Å². The summed E-state index contributed by atoms with van der Waals surface area (Å²) in [7, 11) is 0. The third kappa shape index (κ3) is 3.80. The number of anilines is 3. The van der Waals surface area contributed by atoms with Gasteiger partial charge in [-0.05, 0) is 61.0 Å². The van der Waals surface area contributed by atoms with Crippen molar-refractivity contribution in [2.24, 2.45) is 0 Å². The van der Waals surface area contributed by atoms with Crippen LogP contribution in [-0.4, -0.2) is 17.7 Å². The van der Waals surface area contributed by atoms with Gasteiger partial charge in [0.1, 0.15) is 5.82 Å². The molecular formula is C20H16ClN3O3. The highest BCUT2D eigenvalue weighted by Gasteiger charge is 2.16. The molecule has 2 N–H and O–H groups in total. The molecule has 1 aliphatic rings. The third-order valence-electron chi connectivity index (χ3n) is 4.11. The summed E-state index contributed by atoms with van der Waals surface area (Å²) >= 11 is 5.98. The van der Waals surface area contributed by atoms with Gasteiger partial charge in [-0.15, -0.1) is 0 Å². The first-order valence-corrected chi connectivity index (χ1v) is 8.66. The van der Waals surface area contributed by atoms with Crippen molar-refractivity contribution in [3.8, 4) is 11.5 Å². The fourth-order valence-corrected chi connectivity index (χ4v) is 2.92. The molecule has 0 saturated heterocycles. The standard InChI is InChI=1S/C20H16ClN3O3/c1-12-8-14(21)3-5-16(12)23-15-4-7-19(22-10-15)24-20(25)13-2-6-17-18(9-13)27-11-26-17/h2-10,23H,11H2,1H3,(H,22,24,25). The predicted molar refractivity (Wildman–Crippen MR) is 104 cm³/mol. The van der Waals surface area contributed by atoms with E-state index in [1.165, 1.54) is 0 Å². The van der Waals surface area contributed by atoms with Crippen molar-refractivity contribution in [2.45, 2.75) is 6.92 Å².